The molecular formula is C71H110ClF3N12O12. The number of fused-ring (bicyclic) bond motifs is 1. The number of likely N-dealkylation sites (N-methyl/N-ethyl adjacent to an activating group) is 7. The monoisotopic (exact) mass is 1410 g/mol. The van der Waals surface area contributed by atoms with Crippen molar-refractivity contribution in [1.82, 2.24) is 60.0 Å². The molecule has 1 spiro atoms. The van der Waals surface area contributed by atoms with Crippen molar-refractivity contribution < 1.29 is 70.7 Å². The molecule has 2 aliphatic carbocycles. The van der Waals surface area contributed by atoms with Gasteiger partial charge in [-0.15, -0.1) is 0 Å². The van der Waals surface area contributed by atoms with Crippen LogP contribution in [0, 0.1) is 23.7 Å². The van der Waals surface area contributed by atoms with E-state index in [1.807, 2.05) is 34.6 Å². The van der Waals surface area contributed by atoms with Crippen molar-refractivity contribution >= 4 is 82.5 Å². The van der Waals surface area contributed by atoms with E-state index in [2.05, 4.69) is 16.0 Å². The van der Waals surface area contributed by atoms with Crippen LogP contribution in [0.3, 0.4) is 0 Å². The molecule has 3 aliphatic heterocycles. The molecule has 24 nitrogen and oxygen atoms in total. The normalized spacial score (nSPS) is 26.0. The highest BCUT2D eigenvalue weighted by molar-refractivity contribution is 6.31. The van der Waals surface area contributed by atoms with E-state index in [0.29, 0.717) is 76.4 Å². The van der Waals surface area contributed by atoms with Crippen LogP contribution in [0.25, 0.3) is 0 Å². The topological polar surface area (TPSA) is 270 Å². The number of rotatable bonds is 12. The van der Waals surface area contributed by atoms with Crippen molar-refractivity contribution in [2.75, 3.05) is 88.6 Å². The highest BCUT2D eigenvalue weighted by Gasteiger charge is 2.51. The van der Waals surface area contributed by atoms with Crippen LogP contribution < -0.4 is 16.0 Å². The minimum Gasteiger partial charge on any atom is -0.343 e. The molecule has 0 aromatic heterocycles. The fourth-order valence-electron chi connectivity index (χ4n) is 14.7. The Morgan fingerprint density at radius 1 is 0.616 bits per heavy atom. The van der Waals surface area contributed by atoms with Crippen LogP contribution >= 0.6 is 11.6 Å². The SMILES string of the molecule is CC[C@H](C)[C@@H]1NC(=O)[C@H](CC(C)C)N(C)C(=O)C[C@@H](C(=O)N2CCCCC2)N(C)C(=O)[C@H](C2CCCCC2)N(C)C(=O)C2(CCCC2)NC(=O)[C@@H]2CCCN2C(=O)[C@H](CCc2ccc(C(F)(F)F)c(Cl)c2)NC(=O)CN(C)C(=O)[C@H](CCC(C)C)N(C)C(=O)CN(C)C(=O)CN(C)C1=O. The third-order valence-corrected chi connectivity index (χ3v) is 21.4. The number of hydrogen-bond acceptors (Lipinski definition) is 12. The molecule has 0 unspecified atom stereocenters. The van der Waals surface area contributed by atoms with E-state index >= 15 is 28.8 Å². The Morgan fingerprint density at radius 3 is 1.82 bits per heavy atom. The van der Waals surface area contributed by atoms with E-state index in [9.17, 15) is 41.9 Å². The first kappa shape index (κ1) is 80.9. The number of aryl methyl sites for hydroxylation is 1. The van der Waals surface area contributed by atoms with Crippen LogP contribution in [0.15, 0.2) is 18.2 Å². The summed E-state index contributed by atoms with van der Waals surface area (Å²) in [6.45, 7) is 10.2. The van der Waals surface area contributed by atoms with Crippen molar-refractivity contribution in [3.05, 3.63) is 34.3 Å². The molecule has 12 amide bonds. The van der Waals surface area contributed by atoms with Crippen molar-refractivity contribution in [3.63, 3.8) is 0 Å². The van der Waals surface area contributed by atoms with E-state index in [1.54, 1.807) is 11.8 Å². The smallest absolute Gasteiger partial charge is 0.343 e. The minimum atomic E-state index is -4.76. The standard InChI is InChI=1S/C71H110ClF3N12O12/c1-14-46(6)60-67(97)81(9)42-58(90)79(7)43-59(91)82(10)53(32-27-44(2)3)65(95)80(8)41-56(88)76-51(31-29-47-28-30-49(50(72)39-47)71(73,74)75)64(94)87-37-23-26-52(87)63(93)78-70(33-19-20-34-70)69(99)85(13)61(48-24-17-15-18-25-48)68(98)84(12)55(66(96)86-35-21-16-22-36-86)40-57(89)83(11)54(38-45(4)5)62(92)77-60/h28,30,39,44-46,48,51-55,60-61H,14-27,29,31-38,40-43H2,1-13H3,(H,76,88)(H,77,92)(H,78,93)/t46-,51-,52-,53-,54-,55-,60-,61-/m0/s1. The number of likely N-dealkylation sites (tertiary alicyclic amines) is 1. The predicted molar refractivity (Wildman–Crippen MR) is 366 cm³/mol. The number of benzene rings is 1. The van der Waals surface area contributed by atoms with Gasteiger partial charge in [-0.3, -0.25) is 57.5 Å². The lowest BCUT2D eigenvalue weighted by Crippen LogP contribution is -2.65. The second kappa shape index (κ2) is 36.0. The molecule has 3 saturated heterocycles. The molecule has 28 heteroatoms. The predicted octanol–water partition coefficient (Wildman–Crippen LogP) is 5.89. The Hall–Kier alpha value is -7.06. The highest BCUT2D eigenvalue weighted by Crippen LogP contribution is 2.38. The lowest BCUT2D eigenvalue weighted by Gasteiger charge is -2.43. The molecule has 1 aromatic rings. The van der Waals surface area contributed by atoms with Gasteiger partial charge in [0.2, 0.25) is 70.9 Å². The number of halogens is 4. The number of carbonyl (C=O) groups is 12. The average molecular weight is 1420 g/mol. The Balaban J connectivity index is 1.44. The van der Waals surface area contributed by atoms with Crippen LogP contribution in [0.2, 0.25) is 5.02 Å². The van der Waals surface area contributed by atoms with Gasteiger partial charge in [-0.2, -0.15) is 13.2 Å². The van der Waals surface area contributed by atoms with Crippen molar-refractivity contribution in [2.45, 2.75) is 230 Å². The highest BCUT2D eigenvalue weighted by atomic mass is 35.5. The largest absolute Gasteiger partial charge is 0.417 e. The van der Waals surface area contributed by atoms with Crippen LogP contribution in [-0.2, 0) is 70.1 Å². The van der Waals surface area contributed by atoms with Crippen LogP contribution in [0.4, 0.5) is 13.2 Å². The maximum atomic E-state index is 15.8. The number of carbonyl (C=O) groups excluding carboxylic acids is 12. The number of hydrogen-bond donors (Lipinski definition) is 3. The van der Waals surface area contributed by atoms with Crippen LogP contribution in [0.1, 0.15) is 181 Å². The van der Waals surface area contributed by atoms with Gasteiger partial charge >= 0.3 is 6.18 Å². The summed E-state index contributed by atoms with van der Waals surface area (Å²) < 4.78 is 41.5. The molecule has 0 bridgehead atoms. The first-order valence-corrected chi connectivity index (χ1v) is 36.1. The Morgan fingerprint density at radius 2 is 1.22 bits per heavy atom. The zero-order valence-electron chi connectivity index (χ0n) is 60.6. The number of amides is 12. The second-order valence-electron chi connectivity index (χ2n) is 29.4. The maximum Gasteiger partial charge on any atom is 0.417 e. The van der Waals surface area contributed by atoms with Crippen LogP contribution in [-0.4, -0.2) is 251 Å². The summed E-state index contributed by atoms with van der Waals surface area (Å²) in [5.74, 6) is -8.79. The zero-order valence-corrected chi connectivity index (χ0v) is 61.4. The average Bonchev–Trinajstić information content (AvgIpc) is 1.76. The van der Waals surface area contributed by atoms with Crippen molar-refractivity contribution in [3.8, 4) is 0 Å². The summed E-state index contributed by atoms with van der Waals surface area (Å²) in [4.78, 5) is 190. The van der Waals surface area contributed by atoms with Crippen molar-refractivity contribution in [1.29, 1.82) is 0 Å². The molecule has 6 rings (SSSR count). The van der Waals surface area contributed by atoms with Gasteiger partial charge in [0.1, 0.15) is 47.8 Å². The van der Waals surface area contributed by atoms with Gasteiger partial charge in [-0.1, -0.05) is 97.7 Å². The number of piperidine rings is 1. The molecular weight excluding hydrogens is 1310 g/mol. The fraction of sp³-hybridized carbons (Fsp3) is 0.746. The Kier molecular flexibility index (Phi) is 29.4. The number of nitrogens with zero attached hydrogens (tertiary/aromatic N) is 9. The van der Waals surface area contributed by atoms with Gasteiger partial charge in [0.15, 0.2) is 0 Å². The molecule has 554 valence electrons. The summed E-state index contributed by atoms with van der Waals surface area (Å²) in [5, 5.41) is 8.14. The van der Waals surface area contributed by atoms with Gasteiger partial charge in [0.05, 0.1) is 36.6 Å². The second-order valence-corrected chi connectivity index (χ2v) is 29.8. The van der Waals surface area contributed by atoms with Gasteiger partial charge in [0, 0.05) is 69.0 Å². The van der Waals surface area contributed by atoms with Crippen LogP contribution in [0.5, 0.6) is 0 Å². The maximum absolute atomic E-state index is 15.8. The lowest BCUT2D eigenvalue weighted by atomic mass is 9.81. The first-order chi connectivity index (χ1) is 46.5. The fourth-order valence-corrected chi connectivity index (χ4v) is 15.0. The van der Waals surface area contributed by atoms with E-state index in [0.717, 1.165) is 52.5 Å². The molecule has 2 saturated carbocycles. The summed E-state index contributed by atoms with van der Waals surface area (Å²) in [6, 6.07) is -5.59. The lowest BCUT2D eigenvalue weighted by molar-refractivity contribution is -0.157. The number of nitrogens with one attached hydrogen (secondary N) is 3. The van der Waals surface area contributed by atoms with E-state index in [-0.39, 0.29) is 63.3 Å². The minimum absolute atomic E-state index is 0.0343. The molecule has 5 fully saturated rings. The summed E-state index contributed by atoms with van der Waals surface area (Å²) in [6.07, 6.45) is 3.09. The van der Waals surface area contributed by atoms with Gasteiger partial charge in [-0.25, -0.2) is 0 Å². The number of alkyl halides is 3. The Bertz CT molecular complexity index is 3060. The molecule has 0 radical (unpaired) electrons. The molecule has 99 heavy (non-hydrogen) atoms. The van der Waals surface area contributed by atoms with Gasteiger partial charge < -0.3 is 60.0 Å². The summed E-state index contributed by atoms with van der Waals surface area (Å²) >= 11 is 6.14. The molecule has 1 aromatic carbocycles. The molecule has 3 N–H and O–H groups in total. The van der Waals surface area contributed by atoms with E-state index in [1.165, 1.54) is 79.9 Å². The van der Waals surface area contributed by atoms with Gasteiger partial charge in [-0.05, 0) is 131 Å². The molecule has 3 heterocycles. The third kappa shape index (κ3) is 20.8. The Labute approximate surface area is 587 Å². The summed E-state index contributed by atoms with van der Waals surface area (Å²) in [5.41, 5.74) is -2.35. The third-order valence-electron chi connectivity index (χ3n) is 21.1. The molecule has 5 aliphatic rings. The first-order valence-electron chi connectivity index (χ1n) is 35.7. The van der Waals surface area contributed by atoms with E-state index in [4.69, 9.17) is 11.6 Å². The van der Waals surface area contributed by atoms with Crippen molar-refractivity contribution in [2.24, 2.45) is 23.7 Å². The van der Waals surface area contributed by atoms with Gasteiger partial charge in [0.25, 0.3) is 0 Å². The molecule has 8 atom stereocenters. The summed E-state index contributed by atoms with van der Waals surface area (Å²) in [7, 11) is 9.91. The quantitative estimate of drug-likeness (QED) is 0.221. The zero-order chi connectivity index (χ0) is 73.5. The van der Waals surface area contributed by atoms with E-state index < -0.39 is 173 Å².